The van der Waals surface area contributed by atoms with Gasteiger partial charge in [0.1, 0.15) is 6.07 Å². The molecule has 2 saturated carbocycles. The summed E-state index contributed by atoms with van der Waals surface area (Å²) in [5.41, 5.74) is 1.71. The second-order valence-electron chi connectivity index (χ2n) is 5.52. The van der Waals surface area contributed by atoms with E-state index in [4.69, 9.17) is 5.26 Å². The Morgan fingerprint density at radius 2 is 1.94 bits per heavy atom. The van der Waals surface area contributed by atoms with Gasteiger partial charge in [-0.25, -0.2) is 0 Å². The van der Waals surface area contributed by atoms with E-state index in [0.717, 1.165) is 40.0 Å². The van der Waals surface area contributed by atoms with Crippen LogP contribution in [0.5, 0.6) is 0 Å². The summed E-state index contributed by atoms with van der Waals surface area (Å²) < 4.78 is 0.963. The van der Waals surface area contributed by atoms with Gasteiger partial charge >= 0.3 is 0 Å². The minimum Gasteiger partial charge on any atom is -0.384 e. The first-order chi connectivity index (χ1) is 8.78. The van der Waals surface area contributed by atoms with Crippen molar-refractivity contribution in [1.82, 2.24) is 0 Å². The predicted molar refractivity (Wildman–Crippen MR) is 76.3 cm³/mol. The topological polar surface area (TPSA) is 35.8 Å². The first-order valence-corrected chi connectivity index (χ1v) is 7.51. The number of benzene rings is 1. The molecule has 18 heavy (non-hydrogen) atoms. The average Bonchev–Trinajstić information content (AvgIpc) is 3.24. The van der Waals surface area contributed by atoms with Gasteiger partial charge in [0.05, 0.1) is 11.3 Å². The fourth-order valence-corrected chi connectivity index (χ4v) is 3.12. The lowest BCUT2D eigenvalue weighted by molar-refractivity contribution is 0.428. The highest BCUT2D eigenvalue weighted by molar-refractivity contribution is 9.10. The first kappa shape index (κ1) is 12.0. The fourth-order valence-electron chi connectivity index (χ4n) is 2.76. The Bertz CT molecular complexity index is 472. The van der Waals surface area contributed by atoms with Crippen molar-refractivity contribution in [3.05, 3.63) is 28.2 Å². The normalized spacial score (nSPS) is 18.7. The number of nitrogens with zero attached hydrogens (tertiary/aromatic N) is 1. The third-order valence-corrected chi connectivity index (χ3v) is 4.58. The quantitative estimate of drug-likeness (QED) is 0.886. The van der Waals surface area contributed by atoms with Crippen molar-refractivity contribution in [3.63, 3.8) is 0 Å². The molecule has 0 bridgehead atoms. The highest BCUT2D eigenvalue weighted by Crippen LogP contribution is 2.49. The van der Waals surface area contributed by atoms with E-state index in [1.807, 2.05) is 18.2 Å². The van der Waals surface area contributed by atoms with Crippen molar-refractivity contribution in [1.29, 1.82) is 5.26 Å². The van der Waals surface area contributed by atoms with E-state index in [-0.39, 0.29) is 0 Å². The summed E-state index contributed by atoms with van der Waals surface area (Å²) in [7, 11) is 0. The minimum atomic E-state index is 0.731. The van der Waals surface area contributed by atoms with Crippen LogP contribution in [0.25, 0.3) is 0 Å². The van der Waals surface area contributed by atoms with Gasteiger partial charge in [-0.3, -0.25) is 0 Å². The Morgan fingerprint density at radius 3 is 2.50 bits per heavy atom. The number of hydrogen-bond donors (Lipinski definition) is 1. The van der Waals surface area contributed by atoms with Crippen molar-refractivity contribution in [2.24, 2.45) is 17.8 Å². The zero-order valence-corrected chi connectivity index (χ0v) is 11.9. The summed E-state index contributed by atoms with van der Waals surface area (Å²) in [5.74, 6) is 2.73. The minimum absolute atomic E-state index is 0.731. The highest BCUT2D eigenvalue weighted by atomic mass is 79.9. The maximum atomic E-state index is 9.14. The number of rotatable bonds is 5. The molecule has 0 amide bonds. The molecular formula is C15H17BrN2. The Hall–Kier alpha value is -1.01. The molecule has 2 fully saturated rings. The lowest BCUT2D eigenvalue weighted by Gasteiger charge is -2.17. The van der Waals surface area contributed by atoms with Crippen LogP contribution in [-0.4, -0.2) is 6.54 Å². The summed E-state index contributed by atoms with van der Waals surface area (Å²) >= 11 is 3.40. The van der Waals surface area contributed by atoms with Gasteiger partial charge < -0.3 is 5.32 Å². The molecule has 0 aliphatic heterocycles. The van der Waals surface area contributed by atoms with Gasteiger partial charge in [0.2, 0.25) is 0 Å². The molecule has 0 radical (unpaired) electrons. The van der Waals surface area contributed by atoms with Crippen LogP contribution >= 0.6 is 15.9 Å². The largest absolute Gasteiger partial charge is 0.384 e. The van der Waals surface area contributed by atoms with Crippen molar-refractivity contribution < 1.29 is 0 Å². The van der Waals surface area contributed by atoms with Crippen molar-refractivity contribution in [2.45, 2.75) is 25.7 Å². The van der Waals surface area contributed by atoms with Crippen LogP contribution in [0.2, 0.25) is 0 Å². The van der Waals surface area contributed by atoms with Gasteiger partial charge in [0.15, 0.2) is 0 Å². The third-order valence-electron chi connectivity index (χ3n) is 4.09. The summed E-state index contributed by atoms with van der Waals surface area (Å²) in [6, 6.07) is 8.13. The van der Waals surface area contributed by atoms with Crippen molar-refractivity contribution >= 4 is 21.6 Å². The molecule has 0 spiro atoms. The molecule has 3 rings (SSSR count). The molecule has 0 atom stereocenters. The molecule has 94 valence electrons. The van der Waals surface area contributed by atoms with E-state index >= 15 is 0 Å². The summed E-state index contributed by atoms with van der Waals surface area (Å²) in [6.07, 6.45) is 5.64. The van der Waals surface area contributed by atoms with E-state index in [1.54, 1.807) is 0 Å². The third kappa shape index (κ3) is 2.70. The van der Waals surface area contributed by atoms with E-state index < -0.39 is 0 Å². The van der Waals surface area contributed by atoms with Crippen LogP contribution in [0.15, 0.2) is 22.7 Å². The molecule has 2 nitrogen and oxygen atoms in total. The Labute approximate surface area is 117 Å². The molecule has 2 aliphatic carbocycles. The number of hydrogen-bond acceptors (Lipinski definition) is 2. The second-order valence-corrected chi connectivity index (χ2v) is 6.44. The molecule has 0 heterocycles. The van der Waals surface area contributed by atoms with Gasteiger partial charge in [-0.2, -0.15) is 5.26 Å². The highest BCUT2D eigenvalue weighted by Gasteiger charge is 2.41. The number of halogens is 1. The van der Waals surface area contributed by atoms with E-state index in [2.05, 4.69) is 27.3 Å². The van der Waals surface area contributed by atoms with E-state index in [0.29, 0.717) is 0 Å². The second kappa shape index (κ2) is 4.93. The fraction of sp³-hybridized carbons (Fsp3) is 0.533. The standard InChI is InChI=1S/C15H17BrN2/c16-13-5-6-15(12(7-13)8-17)18-9-14(10-1-2-10)11-3-4-11/h5-7,10-11,14,18H,1-4,9H2. The monoisotopic (exact) mass is 304 g/mol. The molecule has 0 unspecified atom stereocenters. The molecule has 0 saturated heterocycles. The van der Waals surface area contributed by atoms with Gasteiger partial charge in [-0.15, -0.1) is 0 Å². The number of anilines is 1. The molecular weight excluding hydrogens is 288 g/mol. The molecule has 1 N–H and O–H groups in total. The molecule has 3 heteroatoms. The summed E-state index contributed by atoms with van der Waals surface area (Å²) in [6.45, 7) is 1.03. The van der Waals surface area contributed by atoms with Crippen LogP contribution in [0, 0.1) is 29.1 Å². The van der Waals surface area contributed by atoms with E-state index in [1.165, 1.54) is 25.7 Å². The summed E-state index contributed by atoms with van der Waals surface area (Å²) in [4.78, 5) is 0. The lowest BCUT2D eigenvalue weighted by Crippen LogP contribution is -2.18. The van der Waals surface area contributed by atoms with Gasteiger partial charge in [0.25, 0.3) is 0 Å². The van der Waals surface area contributed by atoms with Gasteiger partial charge in [0, 0.05) is 11.0 Å². The zero-order valence-electron chi connectivity index (χ0n) is 10.3. The first-order valence-electron chi connectivity index (χ1n) is 6.71. The van der Waals surface area contributed by atoms with Gasteiger partial charge in [-0.1, -0.05) is 15.9 Å². The average molecular weight is 305 g/mol. The Balaban J connectivity index is 1.67. The molecule has 1 aromatic carbocycles. The smallest absolute Gasteiger partial charge is 0.101 e. The lowest BCUT2D eigenvalue weighted by atomic mass is 9.97. The molecule has 2 aliphatic rings. The van der Waals surface area contributed by atoms with E-state index in [9.17, 15) is 0 Å². The van der Waals surface area contributed by atoms with Crippen molar-refractivity contribution in [2.75, 3.05) is 11.9 Å². The SMILES string of the molecule is N#Cc1cc(Br)ccc1NCC(C1CC1)C1CC1. The maximum absolute atomic E-state index is 9.14. The Morgan fingerprint density at radius 1 is 1.28 bits per heavy atom. The number of nitriles is 1. The zero-order chi connectivity index (χ0) is 12.5. The van der Waals surface area contributed by atoms with Gasteiger partial charge in [-0.05, 0) is 61.6 Å². The van der Waals surface area contributed by atoms with Crippen molar-refractivity contribution in [3.8, 4) is 6.07 Å². The summed E-state index contributed by atoms with van der Waals surface area (Å²) in [5, 5.41) is 12.6. The molecule has 1 aromatic rings. The molecule has 0 aromatic heterocycles. The predicted octanol–water partition coefficient (Wildman–Crippen LogP) is 4.17. The van der Waals surface area contributed by atoms with Crippen LogP contribution in [0.4, 0.5) is 5.69 Å². The van der Waals surface area contributed by atoms with Crippen LogP contribution in [0.1, 0.15) is 31.2 Å². The van der Waals surface area contributed by atoms with Crippen LogP contribution in [-0.2, 0) is 0 Å². The van der Waals surface area contributed by atoms with Crippen LogP contribution in [0.3, 0.4) is 0 Å². The Kier molecular flexibility index (Phi) is 3.30. The van der Waals surface area contributed by atoms with Crippen LogP contribution < -0.4 is 5.32 Å². The maximum Gasteiger partial charge on any atom is 0.101 e. The number of nitrogens with one attached hydrogen (secondary N) is 1.